The molecule has 0 saturated carbocycles. The summed E-state index contributed by atoms with van der Waals surface area (Å²) >= 11 is 12.6. The number of rotatable bonds is 7. The Morgan fingerprint density at radius 3 is 2.54 bits per heavy atom. The van der Waals surface area contributed by atoms with Crippen LogP contribution >= 0.6 is 23.2 Å². The van der Waals surface area contributed by atoms with Gasteiger partial charge < -0.3 is 14.4 Å². The number of aromatic amines is 1. The average molecular weight is 510 g/mol. The molecular weight excluding hydrogens is 489 g/mol. The van der Waals surface area contributed by atoms with Crippen LogP contribution in [0.25, 0.3) is 22.2 Å². The second kappa shape index (κ2) is 9.56. The van der Waals surface area contributed by atoms with Crippen LogP contribution in [0.5, 0.6) is 11.5 Å². The van der Waals surface area contributed by atoms with Crippen molar-refractivity contribution in [3.63, 3.8) is 0 Å². The summed E-state index contributed by atoms with van der Waals surface area (Å²) in [7, 11) is 1.57. The van der Waals surface area contributed by atoms with Gasteiger partial charge in [0.2, 0.25) is 5.95 Å². The number of hydrogen-bond acceptors (Lipinski definition) is 8. The molecule has 9 nitrogen and oxygen atoms in total. The summed E-state index contributed by atoms with van der Waals surface area (Å²) in [5.74, 6) is 1.66. The van der Waals surface area contributed by atoms with Crippen molar-refractivity contribution in [1.29, 1.82) is 5.26 Å². The molecule has 1 fully saturated rings. The minimum absolute atomic E-state index is 0.175. The van der Waals surface area contributed by atoms with Gasteiger partial charge in [0.1, 0.15) is 11.8 Å². The Hall–Kier alpha value is -3.61. The zero-order valence-electron chi connectivity index (χ0n) is 19.0. The molecule has 1 N–H and O–H groups in total. The highest BCUT2D eigenvalue weighted by molar-refractivity contribution is 6.35. The number of fused-ring (bicyclic) bond motifs is 1. The standard InChI is InChI=1S/C24H21Cl2N7O2/c1-13(22-17(25)11-28-12-18(22)26)35-21-7-16-19(8-20(21)34-2)31-32-23(16)14-9-29-24(30-10-14)33-6-4-15(33)3-5-27/h7-13,15H,3-4,6H2,1-2H3,(H,31,32)/t13?,15-/m1/s1. The number of anilines is 1. The average Bonchev–Trinajstić information content (AvgIpc) is 3.24. The summed E-state index contributed by atoms with van der Waals surface area (Å²) in [5.41, 5.74) is 2.85. The highest BCUT2D eigenvalue weighted by atomic mass is 35.5. The maximum Gasteiger partial charge on any atom is 0.225 e. The van der Waals surface area contributed by atoms with Crippen LogP contribution in [0.15, 0.2) is 36.9 Å². The molecular formula is C24H21Cl2N7O2. The quantitative estimate of drug-likeness (QED) is 0.354. The van der Waals surface area contributed by atoms with Crippen LogP contribution in [0, 0.1) is 11.3 Å². The fourth-order valence-corrected chi connectivity index (χ4v) is 4.84. The van der Waals surface area contributed by atoms with E-state index in [-0.39, 0.29) is 6.04 Å². The van der Waals surface area contributed by atoms with Gasteiger partial charge in [0.25, 0.3) is 0 Å². The number of nitriles is 1. The number of benzene rings is 1. The van der Waals surface area contributed by atoms with Crippen molar-refractivity contribution in [3.05, 3.63) is 52.5 Å². The van der Waals surface area contributed by atoms with E-state index in [0.717, 1.165) is 29.4 Å². The lowest BCUT2D eigenvalue weighted by molar-refractivity contribution is 0.216. The zero-order valence-corrected chi connectivity index (χ0v) is 20.5. The smallest absolute Gasteiger partial charge is 0.225 e. The second-order valence-electron chi connectivity index (χ2n) is 8.17. The molecule has 1 aliphatic rings. The Balaban J connectivity index is 1.46. The predicted octanol–water partition coefficient (Wildman–Crippen LogP) is 5.36. The number of nitrogens with zero attached hydrogens (tertiary/aromatic N) is 6. The van der Waals surface area contributed by atoms with Gasteiger partial charge in [-0.05, 0) is 19.4 Å². The number of halogens is 2. The monoisotopic (exact) mass is 509 g/mol. The summed E-state index contributed by atoms with van der Waals surface area (Å²) in [6.07, 6.45) is 7.52. The Kier molecular flexibility index (Phi) is 6.32. The molecule has 0 bridgehead atoms. The minimum Gasteiger partial charge on any atom is -0.493 e. The summed E-state index contributed by atoms with van der Waals surface area (Å²) in [6.45, 7) is 2.70. The molecule has 4 heterocycles. The van der Waals surface area contributed by atoms with Gasteiger partial charge >= 0.3 is 0 Å². The van der Waals surface area contributed by atoms with E-state index in [1.54, 1.807) is 19.5 Å². The highest BCUT2D eigenvalue weighted by Gasteiger charge is 2.29. The topological polar surface area (TPSA) is 113 Å². The Bertz CT molecular complexity index is 1400. The molecule has 178 valence electrons. The first-order valence-electron chi connectivity index (χ1n) is 11.0. The number of pyridine rings is 1. The molecule has 3 aromatic heterocycles. The number of ether oxygens (including phenoxy) is 2. The lowest BCUT2D eigenvalue weighted by Gasteiger charge is -2.39. The van der Waals surface area contributed by atoms with Crippen LogP contribution in [0.2, 0.25) is 10.0 Å². The zero-order chi connectivity index (χ0) is 24.5. The molecule has 1 aliphatic heterocycles. The van der Waals surface area contributed by atoms with Crippen LogP contribution in [0.1, 0.15) is 31.4 Å². The Morgan fingerprint density at radius 2 is 1.91 bits per heavy atom. The normalized spacial score (nSPS) is 16.0. The van der Waals surface area contributed by atoms with Crippen LogP contribution in [-0.4, -0.2) is 44.8 Å². The second-order valence-corrected chi connectivity index (χ2v) is 8.98. The van der Waals surface area contributed by atoms with Gasteiger partial charge in [0, 0.05) is 60.0 Å². The van der Waals surface area contributed by atoms with Crippen molar-refractivity contribution < 1.29 is 9.47 Å². The SMILES string of the molecule is COc1cc2[nH]nc(-c3cnc(N4CC[C@H]4CC#N)nc3)c2cc1OC(C)c1c(Cl)cncc1Cl. The molecule has 1 saturated heterocycles. The summed E-state index contributed by atoms with van der Waals surface area (Å²) in [4.78, 5) is 15.1. The maximum absolute atomic E-state index is 8.98. The third-order valence-corrected chi connectivity index (χ3v) is 6.69. The first-order valence-corrected chi connectivity index (χ1v) is 11.7. The number of hydrogen-bond donors (Lipinski definition) is 1. The van der Waals surface area contributed by atoms with E-state index in [1.807, 2.05) is 24.0 Å². The summed E-state index contributed by atoms with van der Waals surface area (Å²) < 4.78 is 11.8. The molecule has 35 heavy (non-hydrogen) atoms. The van der Waals surface area contributed by atoms with E-state index in [9.17, 15) is 0 Å². The van der Waals surface area contributed by atoms with Crippen molar-refractivity contribution in [1.82, 2.24) is 25.1 Å². The van der Waals surface area contributed by atoms with E-state index >= 15 is 0 Å². The van der Waals surface area contributed by atoms with E-state index in [1.165, 1.54) is 12.4 Å². The van der Waals surface area contributed by atoms with E-state index in [2.05, 4.69) is 31.2 Å². The Labute approximate surface area is 211 Å². The van der Waals surface area contributed by atoms with Crippen molar-refractivity contribution in [3.8, 4) is 28.8 Å². The van der Waals surface area contributed by atoms with Crippen molar-refractivity contribution in [2.24, 2.45) is 0 Å². The highest BCUT2D eigenvalue weighted by Crippen LogP contribution is 2.40. The van der Waals surface area contributed by atoms with Crippen molar-refractivity contribution in [2.75, 3.05) is 18.6 Å². The molecule has 11 heteroatoms. The minimum atomic E-state index is -0.458. The maximum atomic E-state index is 8.98. The van der Waals surface area contributed by atoms with Gasteiger partial charge in [-0.2, -0.15) is 10.4 Å². The van der Waals surface area contributed by atoms with Gasteiger partial charge in [0.15, 0.2) is 11.5 Å². The van der Waals surface area contributed by atoms with Crippen LogP contribution in [0.3, 0.4) is 0 Å². The van der Waals surface area contributed by atoms with Gasteiger partial charge in [-0.3, -0.25) is 10.1 Å². The van der Waals surface area contributed by atoms with Gasteiger partial charge in [-0.15, -0.1) is 0 Å². The molecule has 5 rings (SSSR count). The molecule has 0 amide bonds. The Morgan fingerprint density at radius 1 is 1.17 bits per heavy atom. The van der Waals surface area contributed by atoms with Gasteiger partial charge in [-0.25, -0.2) is 9.97 Å². The lowest BCUT2D eigenvalue weighted by Crippen LogP contribution is -2.48. The molecule has 0 aliphatic carbocycles. The molecule has 1 unspecified atom stereocenters. The van der Waals surface area contributed by atoms with Crippen LogP contribution in [-0.2, 0) is 0 Å². The van der Waals surface area contributed by atoms with Crippen LogP contribution < -0.4 is 14.4 Å². The van der Waals surface area contributed by atoms with E-state index in [4.69, 9.17) is 37.9 Å². The molecule has 2 atom stereocenters. The summed E-state index contributed by atoms with van der Waals surface area (Å²) in [6, 6.07) is 6.08. The lowest BCUT2D eigenvalue weighted by atomic mass is 10.0. The number of aromatic nitrogens is 5. The number of methoxy groups -OCH3 is 1. The van der Waals surface area contributed by atoms with Crippen molar-refractivity contribution >= 4 is 40.1 Å². The number of nitrogens with one attached hydrogen (secondary N) is 1. The first kappa shape index (κ1) is 23.1. The summed E-state index contributed by atoms with van der Waals surface area (Å²) in [5, 5.41) is 18.2. The molecule has 0 spiro atoms. The van der Waals surface area contributed by atoms with E-state index in [0.29, 0.717) is 45.2 Å². The fourth-order valence-electron chi connectivity index (χ4n) is 4.17. The van der Waals surface area contributed by atoms with Crippen molar-refractivity contribution in [2.45, 2.75) is 31.9 Å². The predicted molar refractivity (Wildman–Crippen MR) is 133 cm³/mol. The van der Waals surface area contributed by atoms with E-state index < -0.39 is 6.10 Å². The molecule has 0 radical (unpaired) electrons. The van der Waals surface area contributed by atoms with Gasteiger partial charge in [0.05, 0.1) is 35.2 Å². The molecule has 4 aromatic rings. The first-order chi connectivity index (χ1) is 17.0. The van der Waals surface area contributed by atoms with Crippen LogP contribution in [0.4, 0.5) is 5.95 Å². The fraction of sp³-hybridized carbons (Fsp3) is 0.292. The number of H-pyrrole nitrogens is 1. The third kappa shape index (κ3) is 4.31. The molecule has 1 aromatic carbocycles. The third-order valence-electron chi connectivity index (χ3n) is 6.09. The largest absolute Gasteiger partial charge is 0.493 e. The van der Waals surface area contributed by atoms with Gasteiger partial charge in [-0.1, -0.05) is 23.2 Å².